The zero-order chi connectivity index (χ0) is 24.1. The summed E-state index contributed by atoms with van der Waals surface area (Å²) in [6.07, 6.45) is 0. The van der Waals surface area contributed by atoms with Crippen LogP contribution in [0.15, 0.2) is 36.4 Å². The van der Waals surface area contributed by atoms with E-state index >= 15 is 0 Å². The van der Waals surface area contributed by atoms with Gasteiger partial charge in [0.25, 0.3) is 0 Å². The summed E-state index contributed by atoms with van der Waals surface area (Å²) in [5.74, 6) is -1.48. The average molecular weight is 478 g/mol. The normalized spacial score (nSPS) is 10.7. The summed E-state index contributed by atoms with van der Waals surface area (Å²) in [4.78, 5) is 25.0. The fourth-order valence-corrected chi connectivity index (χ4v) is 3.21. The van der Waals surface area contributed by atoms with Gasteiger partial charge in [-0.1, -0.05) is 29.8 Å². The topological polar surface area (TPSA) is 107 Å². The van der Waals surface area contributed by atoms with Crippen LogP contribution in [0.3, 0.4) is 0 Å². The third-order valence-electron chi connectivity index (χ3n) is 4.57. The summed E-state index contributed by atoms with van der Waals surface area (Å²) >= 11 is 5.24. The number of carbonyl (C=O) groups is 2. The molecule has 0 aliphatic rings. The van der Waals surface area contributed by atoms with Crippen molar-refractivity contribution in [3.05, 3.63) is 52.3 Å². The second kappa shape index (κ2) is 10.2. The largest absolute Gasteiger partial charge is 0.493 e. The maximum atomic E-state index is 12.8. The summed E-state index contributed by atoms with van der Waals surface area (Å²) in [6, 6.07) is 9.65. The third kappa shape index (κ3) is 5.52. The van der Waals surface area contributed by atoms with E-state index in [1.807, 2.05) is 31.2 Å². The number of anilines is 1. The van der Waals surface area contributed by atoms with Gasteiger partial charge in [0.2, 0.25) is 5.91 Å². The van der Waals surface area contributed by atoms with Gasteiger partial charge in [0, 0.05) is 17.7 Å². The SMILES string of the molecule is COC(=O)c1cc(OC)c(OC(F)F)cc1NC(=O)Cn1c(-c2ccc(C)cc2)n[nH]c1=S. The van der Waals surface area contributed by atoms with Crippen LogP contribution in [0.5, 0.6) is 11.5 Å². The molecule has 1 amide bonds. The molecule has 0 saturated heterocycles. The van der Waals surface area contributed by atoms with E-state index in [1.54, 1.807) is 0 Å². The van der Waals surface area contributed by atoms with Crippen LogP contribution < -0.4 is 14.8 Å². The summed E-state index contributed by atoms with van der Waals surface area (Å²) < 4.78 is 41.4. The van der Waals surface area contributed by atoms with Crippen molar-refractivity contribution in [2.75, 3.05) is 19.5 Å². The second-order valence-corrected chi connectivity index (χ2v) is 7.16. The van der Waals surface area contributed by atoms with Gasteiger partial charge in [-0.25, -0.2) is 4.79 Å². The number of amides is 1. The predicted octanol–water partition coefficient (Wildman–Crippen LogP) is 3.95. The number of halogens is 2. The molecule has 1 heterocycles. The van der Waals surface area contributed by atoms with Crippen LogP contribution in [0, 0.1) is 11.7 Å². The number of nitrogens with zero attached hydrogens (tertiary/aromatic N) is 2. The maximum Gasteiger partial charge on any atom is 0.387 e. The number of hydrogen-bond acceptors (Lipinski definition) is 7. The molecule has 0 unspecified atom stereocenters. The summed E-state index contributed by atoms with van der Waals surface area (Å²) in [6.45, 7) is -1.47. The molecule has 0 fully saturated rings. The van der Waals surface area contributed by atoms with E-state index in [4.69, 9.17) is 21.7 Å². The number of alkyl halides is 2. The Labute approximate surface area is 192 Å². The van der Waals surface area contributed by atoms with Crippen molar-refractivity contribution in [3.63, 3.8) is 0 Å². The monoisotopic (exact) mass is 478 g/mol. The molecular weight excluding hydrogens is 458 g/mol. The lowest BCUT2D eigenvalue weighted by Gasteiger charge is -2.16. The molecule has 0 aliphatic carbocycles. The molecule has 3 aromatic rings. The van der Waals surface area contributed by atoms with E-state index in [0.29, 0.717) is 5.82 Å². The Morgan fingerprint density at radius 1 is 1.18 bits per heavy atom. The zero-order valence-corrected chi connectivity index (χ0v) is 18.7. The molecule has 0 atom stereocenters. The lowest BCUT2D eigenvalue weighted by atomic mass is 10.1. The zero-order valence-electron chi connectivity index (χ0n) is 17.8. The smallest absolute Gasteiger partial charge is 0.387 e. The van der Waals surface area contributed by atoms with Gasteiger partial charge in [0.1, 0.15) is 6.54 Å². The Bertz CT molecular complexity index is 1220. The Morgan fingerprint density at radius 3 is 2.48 bits per heavy atom. The molecular formula is C21H20F2N4O5S. The van der Waals surface area contributed by atoms with Crippen LogP contribution >= 0.6 is 12.2 Å². The standard InChI is InChI=1S/C21H20F2N4O5S/c1-11-4-6-12(7-5-11)18-25-26-21(33)27(18)10-17(28)24-14-9-16(32-20(22)23)15(30-2)8-13(14)19(29)31-3/h4-9,20H,10H2,1-3H3,(H,24,28)(H,26,33). The van der Waals surface area contributed by atoms with E-state index in [-0.39, 0.29) is 34.1 Å². The Kier molecular flexibility index (Phi) is 7.38. The highest BCUT2D eigenvalue weighted by Gasteiger charge is 2.22. The summed E-state index contributed by atoms with van der Waals surface area (Å²) in [5.41, 5.74) is 1.57. The van der Waals surface area contributed by atoms with Gasteiger partial charge in [-0.15, -0.1) is 0 Å². The molecule has 33 heavy (non-hydrogen) atoms. The van der Waals surface area contributed by atoms with Crippen molar-refractivity contribution in [2.24, 2.45) is 0 Å². The number of methoxy groups -OCH3 is 2. The molecule has 0 aliphatic heterocycles. The number of aromatic nitrogens is 3. The number of aromatic amines is 1. The van der Waals surface area contributed by atoms with Crippen LogP contribution in [0.2, 0.25) is 0 Å². The van der Waals surface area contributed by atoms with Gasteiger partial charge in [-0.3, -0.25) is 14.5 Å². The highest BCUT2D eigenvalue weighted by atomic mass is 32.1. The number of hydrogen-bond donors (Lipinski definition) is 2. The molecule has 1 aromatic heterocycles. The van der Waals surface area contributed by atoms with Crippen molar-refractivity contribution < 1.29 is 32.6 Å². The van der Waals surface area contributed by atoms with Crippen molar-refractivity contribution >= 4 is 29.8 Å². The fourth-order valence-electron chi connectivity index (χ4n) is 3.01. The first-order valence-corrected chi connectivity index (χ1v) is 9.91. The second-order valence-electron chi connectivity index (χ2n) is 6.77. The first-order valence-electron chi connectivity index (χ1n) is 9.50. The first kappa shape index (κ1) is 23.9. The molecule has 9 nitrogen and oxygen atoms in total. The van der Waals surface area contributed by atoms with Gasteiger partial charge < -0.3 is 19.5 Å². The van der Waals surface area contributed by atoms with Crippen LogP contribution in [0.1, 0.15) is 15.9 Å². The number of carbonyl (C=O) groups excluding carboxylic acids is 2. The first-order chi connectivity index (χ1) is 15.7. The molecule has 2 N–H and O–H groups in total. The highest BCUT2D eigenvalue weighted by molar-refractivity contribution is 7.71. The Morgan fingerprint density at radius 2 is 1.88 bits per heavy atom. The lowest BCUT2D eigenvalue weighted by Crippen LogP contribution is -2.21. The number of esters is 1. The molecule has 12 heteroatoms. The molecule has 0 bridgehead atoms. The minimum atomic E-state index is -3.15. The quantitative estimate of drug-likeness (QED) is 0.373. The predicted molar refractivity (Wildman–Crippen MR) is 117 cm³/mol. The highest BCUT2D eigenvalue weighted by Crippen LogP contribution is 2.35. The van der Waals surface area contributed by atoms with Gasteiger partial charge in [0.15, 0.2) is 22.1 Å². The van der Waals surface area contributed by atoms with E-state index in [2.05, 4.69) is 20.3 Å². The van der Waals surface area contributed by atoms with E-state index in [9.17, 15) is 18.4 Å². The summed E-state index contributed by atoms with van der Waals surface area (Å²) in [5, 5.41) is 9.34. The average Bonchev–Trinajstić information content (AvgIpc) is 3.13. The molecule has 0 radical (unpaired) electrons. The van der Waals surface area contributed by atoms with E-state index in [1.165, 1.54) is 11.7 Å². The third-order valence-corrected chi connectivity index (χ3v) is 4.88. The van der Waals surface area contributed by atoms with E-state index < -0.39 is 18.5 Å². The number of H-pyrrole nitrogens is 1. The van der Waals surface area contributed by atoms with Gasteiger partial charge >= 0.3 is 12.6 Å². The summed E-state index contributed by atoms with van der Waals surface area (Å²) in [7, 11) is 2.36. The van der Waals surface area contributed by atoms with Crippen LogP contribution in [0.4, 0.5) is 14.5 Å². The van der Waals surface area contributed by atoms with Crippen molar-refractivity contribution in [1.29, 1.82) is 0 Å². The molecule has 2 aromatic carbocycles. The fraction of sp³-hybridized carbons (Fsp3) is 0.238. The molecule has 0 spiro atoms. The van der Waals surface area contributed by atoms with Gasteiger partial charge in [-0.05, 0) is 19.1 Å². The molecule has 174 valence electrons. The minimum Gasteiger partial charge on any atom is -0.493 e. The number of ether oxygens (including phenoxy) is 3. The van der Waals surface area contributed by atoms with Crippen molar-refractivity contribution in [2.45, 2.75) is 20.1 Å². The number of rotatable bonds is 8. The van der Waals surface area contributed by atoms with Crippen LogP contribution in [0.25, 0.3) is 11.4 Å². The number of benzene rings is 2. The Hall–Kier alpha value is -3.80. The van der Waals surface area contributed by atoms with Crippen molar-refractivity contribution in [3.8, 4) is 22.9 Å². The number of aryl methyl sites for hydroxylation is 1. The Balaban J connectivity index is 1.93. The number of nitrogens with one attached hydrogen (secondary N) is 2. The van der Waals surface area contributed by atoms with Crippen molar-refractivity contribution in [1.82, 2.24) is 14.8 Å². The van der Waals surface area contributed by atoms with Gasteiger partial charge in [-0.2, -0.15) is 13.9 Å². The van der Waals surface area contributed by atoms with Crippen LogP contribution in [-0.2, 0) is 16.1 Å². The minimum absolute atomic E-state index is 0.102. The van der Waals surface area contributed by atoms with Crippen LogP contribution in [-0.4, -0.2) is 47.5 Å². The lowest BCUT2D eigenvalue weighted by molar-refractivity contribution is -0.116. The van der Waals surface area contributed by atoms with E-state index in [0.717, 1.165) is 30.4 Å². The molecule has 0 saturated carbocycles. The van der Waals surface area contributed by atoms with Gasteiger partial charge in [0.05, 0.1) is 25.5 Å². The molecule has 3 rings (SSSR count). The maximum absolute atomic E-state index is 12.8.